The number of aliphatic hydroxyl groups is 1. The number of aliphatic hydroxyl groups excluding tert-OH is 1. The molecule has 1 aromatic carbocycles. The number of nitrogens with zero attached hydrogens (tertiary/aromatic N) is 1. The summed E-state index contributed by atoms with van der Waals surface area (Å²) in [7, 11) is 0. The molecule has 0 bridgehead atoms. The first-order chi connectivity index (χ1) is 7.60. The lowest BCUT2D eigenvalue weighted by Crippen LogP contribution is -2.51. The largest absolute Gasteiger partial charge is 0.396 e. The molecular formula is C11H11BrClNO2. The van der Waals surface area contributed by atoms with Crippen LogP contribution < -0.4 is 0 Å². The second kappa shape index (κ2) is 4.73. The van der Waals surface area contributed by atoms with Gasteiger partial charge in [0, 0.05) is 40.7 Å². The molecule has 0 spiro atoms. The zero-order valence-corrected chi connectivity index (χ0v) is 10.8. The Hall–Kier alpha value is -0.580. The maximum atomic E-state index is 12.0. The van der Waals surface area contributed by atoms with Crippen LogP contribution in [0.5, 0.6) is 0 Å². The molecule has 0 saturated carbocycles. The predicted molar refractivity (Wildman–Crippen MR) is 65.6 cm³/mol. The lowest BCUT2D eigenvalue weighted by atomic mass is 10.00. The smallest absolute Gasteiger partial charge is 0.253 e. The first-order valence-corrected chi connectivity index (χ1v) is 6.13. The average Bonchev–Trinajstić information content (AvgIpc) is 2.14. The number of hydrogen-bond donors (Lipinski definition) is 1. The van der Waals surface area contributed by atoms with Gasteiger partial charge in [-0.1, -0.05) is 27.5 Å². The highest BCUT2D eigenvalue weighted by Crippen LogP contribution is 2.23. The standard InChI is InChI=1S/C11H11BrClNO2/c12-9-1-8(2-10(13)3-9)11(16)14-4-7(5-14)6-15/h1-3,7,15H,4-6H2. The summed E-state index contributed by atoms with van der Waals surface area (Å²) in [5.74, 6) is 0.194. The van der Waals surface area contributed by atoms with Crippen LogP contribution in [0.2, 0.25) is 5.02 Å². The maximum absolute atomic E-state index is 12.0. The summed E-state index contributed by atoms with van der Waals surface area (Å²) in [5, 5.41) is 9.42. The van der Waals surface area contributed by atoms with Crippen molar-refractivity contribution in [2.24, 2.45) is 5.92 Å². The fourth-order valence-corrected chi connectivity index (χ4v) is 2.57. The van der Waals surface area contributed by atoms with E-state index in [1.54, 1.807) is 23.1 Å². The van der Waals surface area contributed by atoms with Crippen LogP contribution in [0.3, 0.4) is 0 Å². The van der Waals surface area contributed by atoms with Crippen LogP contribution in [0.4, 0.5) is 0 Å². The highest BCUT2D eigenvalue weighted by molar-refractivity contribution is 9.10. The molecule has 2 rings (SSSR count). The molecule has 1 aliphatic rings. The van der Waals surface area contributed by atoms with E-state index in [0.29, 0.717) is 23.7 Å². The number of halogens is 2. The first-order valence-electron chi connectivity index (χ1n) is 4.96. The lowest BCUT2D eigenvalue weighted by molar-refractivity contribution is 0.0362. The third-order valence-corrected chi connectivity index (χ3v) is 3.29. The number of carbonyl (C=O) groups excluding carboxylic acids is 1. The number of amides is 1. The highest BCUT2D eigenvalue weighted by atomic mass is 79.9. The van der Waals surface area contributed by atoms with Crippen molar-refractivity contribution >= 4 is 33.4 Å². The number of benzene rings is 1. The average molecular weight is 305 g/mol. The predicted octanol–water partition coefficient (Wildman–Crippen LogP) is 2.17. The normalized spacial score (nSPS) is 16.1. The molecule has 3 nitrogen and oxygen atoms in total. The molecular weight excluding hydrogens is 293 g/mol. The van der Waals surface area contributed by atoms with Gasteiger partial charge in [0.25, 0.3) is 5.91 Å². The van der Waals surface area contributed by atoms with Gasteiger partial charge in [-0.15, -0.1) is 0 Å². The van der Waals surface area contributed by atoms with Crippen LogP contribution in [0.1, 0.15) is 10.4 Å². The van der Waals surface area contributed by atoms with Crippen LogP contribution in [0, 0.1) is 5.92 Å². The van der Waals surface area contributed by atoms with Crippen molar-refractivity contribution in [2.45, 2.75) is 0 Å². The Morgan fingerprint density at radius 2 is 2.19 bits per heavy atom. The summed E-state index contributed by atoms with van der Waals surface area (Å²) in [6.07, 6.45) is 0. The zero-order chi connectivity index (χ0) is 11.7. The van der Waals surface area contributed by atoms with Crippen LogP contribution in [0.25, 0.3) is 0 Å². The summed E-state index contributed by atoms with van der Waals surface area (Å²) in [4.78, 5) is 13.7. The number of hydrogen-bond acceptors (Lipinski definition) is 2. The van der Waals surface area contributed by atoms with Gasteiger partial charge in [-0.25, -0.2) is 0 Å². The topological polar surface area (TPSA) is 40.5 Å². The summed E-state index contributed by atoms with van der Waals surface area (Å²) in [6, 6.07) is 5.15. The SMILES string of the molecule is O=C(c1cc(Cl)cc(Br)c1)N1CC(CO)C1. The molecule has 5 heteroatoms. The third kappa shape index (κ3) is 2.39. The highest BCUT2D eigenvalue weighted by Gasteiger charge is 2.30. The Morgan fingerprint density at radius 3 is 2.75 bits per heavy atom. The maximum Gasteiger partial charge on any atom is 0.253 e. The van der Waals surface area contributed by atoms with Crippen molar-refractivity contribution < 1.29 is 9.90 Å². The van der Waals surface area contributed by atoms with Crippen molar-refractivity contribution in [1.29, 1.82) is 0 Å². The molecule has 1 saturated heterocycles. The minimum atomic E-state index is -0.0344. The van der Waals surface area contributed by atoms with Crippen molar-refractivity contribution in [3.05, 3.63) is 33.3 Å². The Balaban J connectivity index is 2.10. The molecule has 0 aliphatic carbocycles. The van der Waals surface area contributed by atoms with Crippen molar-refractivity contribution in [2.75, 3.05) is 19.7 Å². The fourth-order valence-electron chi connectivity index (χ4n) is 1.71. The molecule has 1 aromatic rings. The molecule has 1 heterocycles. The van der Waals surface area contributed by atoms with Gasteiger partial charge in [0.2, 0.25) is 0 Å². The van der Waals surface area contributed by atoms with Gasteiger partial charge in [-0.3, -0.25) is 4.79 Å². The summed E-state index contributed by atoms with van der Waals surface area (Å²) in [5.41, 5.74) is 0.579. The molecule has 0 atom stereocenters. The van der Waals surface area contributed by atoms with E-state index in [0.717, 1.165) is 4.47 Å². The van der Waals surface area contributed by atoms with E-state index < -0.39 is 0 Å². The van der Waals surface area contributed by atoms with Gasteiger partial charge in [-0.2, -0.15) is 0 Å². The van der Waals surface area contributed by atoms with Gasteiger partial charge < -0.3 is 10.0 Å². The summed E-state index contributed by atoms with van der Waals surface area (Å²) < 4.78 is 0.794. The number of carbonyl (C=O) groups is 1. The minimum absolute atomic E-state index is 0.0344. The van der Waals surface area contributed by atoms with Crippen LogP contribution >= 0.6 is 27.5 Å². The zero-order valence-electron chi connectivity index (χ0n) is 8.49. The quantitative estimate of drug-likeness (QED) is 0.909. The van der Waals surface area contributed by atoms with Crippen LogP contribution in [-0.4, -0.2) is 35.6 Å². The molecule has 16 heavy (non-hydrogen) atoms. The lowest BCUT2D eigenvalue weighted by Gasteiger charge is -2.38. The van der Waals surface area contributed by atoms with Crippen molar-refractivity contribution in [3.63, 3.8) is 0 Å². The molecule has 0 unspecified atom stereocenters. The number of rotatable bonds is 2. The molecule has 1 aliphatic heterocycles. The molecule has 86 valence electrons. The van der Waals surface area contributed by atoms with E-state index in [9.17, 15) is 4.79 Å². The Kier molecular flexibility index (Phi) is 3.52. The van der Waals surface area contributed by atoms with Crippen LogP contribution in [-0.2, 0) is 0 Å². The minimum Gasteiger partial charge on any atom is -0.396 e. The van der Waals surface area contributed by atoms with E-state index in [1.807, 2.05) is 0 Å². The molecule has 1 amide bonds. The molecule has 0 aromatic heterocycles. The van der Waals surface area contributed by atoms with Gasteiger partial charge in [0.15, 0.2) is 0 Å². The van der Waals surface area contributed by atoms with E-state index in [-0.39, 0.29) is 18.4 Å². The van der Waals surface area contributed by atoms with Crippen molar-refractivity contribution in [3.8, 4) is 0 Å². The second-order valence-corrected chi connectivity index (χ2v) is 5.27. The van der Waals surface area contributed by atoms with Crippen LogP contribution in [0.15, 0.2) is 22.7 Å². The summed E-state index contributed by atoms with van der Waals surface area (Å²) in [6.45, 7) is 1.39. The van der Waals surface area contributed by atoms with Gasteiger partial charge in [-0.05, 0) is 18.2 Å². The van der Waals surface area contributed by atoms with E-state index in [4.69, 9.17) is 16.7 Å². The first kappa shape index (κ1) is 11.9. The second-order valence-electron chi connectivity index (χ2n) is 3.92. The monoisotopic (exact) mass is 303 g/mol. The van der Waals surface area contributed by atoms with E-state index in [1.165, 1.54) is 0 Å². The Labute approximate surface area is 107 Å². The van der Waals surface area contributed by atoms with Gasteiger partial charge in [0.1, 0.15) is 0 Å². The molecule has 1 N–H and O–H groups in total. The molecule has 1 fully saturated rings. The van der Waals surface area contributed by atoms with Gasteiger partial charge in [0.05, 0.1) is 0 Å². The van der Waals surface area contributed by atoms with Gasteiger partial charge >= 0.3 is 0 Å². The fraction of sp³-hybridized carbons (Fsp3) is 0.364. The van der Waals surface area contributed by atoms with E-state index in [2.05, 4.69) is 15.9 Å². The van der Waals surface area contributed by atoms with E-state index >= 15 is 0 Å². The Morgan fingerprint density at radius 1 is 1.50 bits per heavy atom. The Bertz CT molecular complexity index is 398. The molecule has 0 radical (unpaired) electrons. The third-order valence-electron chi connectivity index (χ3n) is 2.61. The van der Waals surface area contributed by atoms with Crippen molar-refractivity contribution in [1.82, 2.24) is 4.90 Å². The number of likely N-dealkylation sites (tertiary alicyclic amines) is 1. The summed E-state index contributed by atoms with van der Waals surface area (Å²) >= 11 is 9.18.